The van der Waals surface area contributed by atoms with Gasteiger partial charge in [-0.3, -0.25) is 4.79 Å². The van der Waals surface area contributed by atoms with Crippen molar-refractivity contribution in [2.24, 2.45) is 0 Å². The van der Waals surface area contributed by atoms with Crippen LogP contribution in [0.3, 0.4) is 0 Å². The normalized spacial score (nSPS) is 12.8. The number of hydrogen-bond donors (Lipinski definition) is 1. The van der Waals surface area contributed by atoms with E-state index in [-0.39, 0.29) is 11.2 Å². The van der Waals surface area contributed by atoms with Crippen LogP contribution in [0, 0.1) is 0 Å². The number of rotatable bonds is 5. The smallest absolute Gasteiger partial charge is 0.216 e. The molecule has 0 heterocycles. The fraction of sp³-hybridized carbons (Fsp3) is 0.444. The molecule has 0 aromatic heterocycles. The van der Waals surface area contributed by atoms with Gasteiger partial charge in [0.2, 0.25) is 5.91 Å². The molecule has 0 aromatic carbocycles. The lowest BCUT2D eigenvalue weighted by molar-refractivity contribution is -0.118. The average Bonchev–Trinajstić information content (AvgIpc) is 2.05. The first-order valence-electron chi connectivity index (χ1n) is 3.84. The Hall–Kier alpha value is -0.700. The van der Waals surface area contributed by atoms with Crippen LogP contribution in [-0.2, 0) is 4.79 Å². The van der Waals surface area contributed by atoms with Crippen LogP contribution in [-0.4, -0.2) is 17.7 Å². The zero-order valence-electron chi connectivity index (χ0n) is 7.54. The number of nitrogens with one attached hydrogen (secondary N) is 1. The minimum absolute atomic E-state index is 0.00271. The summed E-state index contributed by atoms with van der Waals surface area (Å²) in [5, 5.41) is 5.00. The van der Waals surface area contributed by atoms with E-state index in [1.807, 2.05) is 24.5 Å². The van der Waals surface area contributed by atoms with Crippen molar-refractivity contribution < 1.29 is 4.79 Å². The molecule has 0 aliphatic heterocycles. The molecule has 2 nitrogen and oxygen atoms in total. The Morgan fingerprint density at radius 1 is 1.75 bits per heavy atom. The summed E-state index contributed by atoms with van der Waals surface area (Å²) in [7, 11) is 0. The number of carbonyl (C=O) groups excluding carboxylic acids is 1. The third kappa shape index (κ3) is 6.04. The summed E-state index contributed by atoms with van der Waals surface area (Å²) in [6.45, 7) is 7.81. The van der Waals surface area contributed by atoms with Crippen LogP contribution >= 0.6 is 11.8 Å². The molecule has 12 heavy (non-hydrogen) atoms. The Labute approximate surface area is 78.1 Å². The Morgan fingerprint density at radius 2 is 2.42 bits per heavy atom. The molecule has 0 bridgehead atoms. The van der Waals surface area contributed by atoms with Gasteiger partial charge in [-0.25, -0.2) is 0 Å². The Bertz CT molecular complexity index is 177. The van der Waals surface area contributed by atoms with E-state index in [4.69, 9.17) is 0 Å². The molecule has 0 aromatic rings. The minimum atomic E-state index is 0.00271. The van der Waals surface area contributed by atoms with Gasteiger partial charge in [0.1, 0.15) is 0 Å². The molecule has 0 rings (SSSR count). The largest absolute Gasteiger partial charge is 0.355 e. The minimum Gasteiger partial charge on any atom is -0.355 e. The molecule has 1 amide bonds. The number of allylic oxidation sites excluding steroid dienone is 1. The van der Waals surface area contributed by atoms with Crippen LogP contribution in [0.5, 0.6) is 0 Å². The number of amides is 1. The van der Waals surface area contributed by atoms with Crippen LogP contribution < -0.4 is 5.32 Å². The zero-order valence-corrected chi connectivity index (χ0v) is 8.36. The Morgan fingerprint density at radius 3 is 2.83 bits per heavy atom. The first-order valence-corrected chi connectivity index (χ1v) is 4.78. The molecule has 0 aliphatic rings. The van der Waals surface area contributed by atoms with Crippen molar-refractivity contribution in [1.29, 1.82) is 0 Å². The van der Waals surface area contributed by atoms with Gasteiger partial charge >= 0.3 is 0 Å². The second-order valence-corrected chi connectivity index (χ2v) is 3.47. The van der Waals surface area contributed by atoms with Gasteiger partial charge in [-0.1, -0.05) is 12.2 Å². The van der Waals surface area contributed by atoms with Gasteiger partial charge in [0.15, 0.2) is 0 Å². The van der Waals surface area contributed by atoms with Crippen molar-refractivity contribution >= 4 is 17.7 Å². The van der Waals surface area contributed by atoms with Crippen molar-refractivity contribution in [2.75, 3.05) is 6.54 Å². The maximum atomic E-state index is 10.6. The molecular formula is C9H15NOS. The van der Waals surface area contributed by atoms with Crippen molar-refractivity contribution in [2.45, 2.75) is 19.1 Å². The molecule has 3 heteroatoms. The lowest BCUT2D eigenvalue weighted by Gasteiger charge is -2.08. The van der Waals surface area contributed by atoms with E-state index in [1.54, 1.807) is 11.8 Å². The van der Waals surface area contributed by atoms with Crippen LogP contribution in [0.1, 0.15) is 13.8 Å². The van der Waals surface area contributed by atoms with E-state index in [2.05, 4.69) is 11.9 Å². The highest BCUT2D eigenvalue weighted by molar-refractivity contribution is 8.02. The van der Waals surface area contributed by atoms with Crippen LogP contribution in [0.2, 0.25) is 0 Å². The summed E-state index contributed by atoms with van der Waals surface area (Å²) < 4.78 is 0. The van der Waals surface area contributed by atoms with Gasteiger partial charge in [-0.2, -0.15) is 0 Å². The fourth-order valence-electron chi connectivity index (χ4n) is 0.611. The highest BCUT2D eigenvalue weighted by atomic mass is 32.2. The molecule has 1 N–H and O–H groups in total. The Balaban J connectivity index is 3.67. The van der Waals surface area contributed by atoms with Crippen LogP contribution in [0.4, 0.5) is 0 Å². The fourth-order valence-corrected chi connectivity index (χ4v) is 1.26. The van der Waals surface area contributed by atoms with Crippen molar-refractivity contribution in [3.63, 3.8) is 0 Å². The SMILES string of the molecule is C=CC(CNC(C)=O)S/C=C\C. The molecule has 1 unspecified atom stereocenters. The maximum Gasteiger partial charge on any atom is 0.216 e. The van der Waals surface area contributed by atoms with Gasteiger partial charge < -0.3 is 5.32 Å². The van der Waals surface area contributed by atoms with E-state index >= 15 is 0 Å². The highest BCUT2D eigenvalue weighted by Crippen LogP contribution is 2.11. The Kier molecular flexibility index (Phi) is 6.57. The molecule has 1 atom stereocenters. The van der Waals surface area contributed by atoms with Gasteiger partial charge in [0.25, 0.3) is 0 Å². The summed E-state index contributed by atoms with van der Waals surface area (Å²) in [5.74, 6) is 0.00271. The van der Waals surface area contributed by atoms with Crippen LogP contribution in [0.15, 0.2) is 24.1 Å². The molecule has 0 radical (unpaired) electrons. The predicted octanol–water partition coefficient (Wildman–Crippen LogP) is 1.94. The third-order valence-electron chi connectivity index (χ3n) is 1.20. The van der Waals surface area contributed by atoms with Gasteiger partial charge in [-0.05, 0) is 12.3 Å². The van der Waals surface area contributed by atoms with E-state index in [1.165, 1.54) is 6.92 Å². The van der Waals surface area contributed by atoms with Gasteiger partial charge in [0.05, 0.1) is 0 Å². The quantitative estimate of drug-likeness (QED) is 0.663. The molecule has 68 valence electrons. The van der Waals surface area contributed by atoms with E-state index in [0.29, 0.717) is 6.54 Å². The lowest BCUT2D eigenvalue weighted by atomic mass is 10.4. The van der Waals surface area contributed by atoms with Gasteiger partial charge in [0, 0.05) is 18.7 Å². The van der Waals surface area contributed by atoms with Crippen LogP contribution in [0.25, 0.3) is 0 Å². The lowest BCUT2D eigenvalue weighted by Crippen LogP contribution is -2.27. The van der Waals surface area contributed by atoms with E-state index in [0.717, 1.165) is 0 Å². The van der Waals surface area contributed by atoms with Crippen molar-refractivity contribution in [1.82, 2.24) is 5.32 Å². The summed E-state index contributed by atoms with van der Waals surface area (Å²) in [4.78, 5) is 10.6. The molecule has 0 saturated carbocycles. The molecular weight excluding hydrogens is 170 g/mol. The predicted molar refractivity (Wildman–Crippen MR) is 55.1 cm³/mol. The van der Waals surface area contributed by atoms with Crippen molar-refractivity contribution in [3.8, 4) is 0 Å². The summed E-state index contributed by atoms with van der Waals surface area (Å²) in [6.07, 6.45) is 3.80. The molecule has 0 spiro atoms. The third-order valence-corrected chi connectivity index (χ3v) is 2.34. The van der Waals surface area contributed by atoms with E-state index < -0.39 is 0 Å². The first-order chi connectivity index (χ1) is 5.70. The molecule has 0 fully saturated rings. The monoisotopic (exact) mass is 185 g/mol. The molecule has 0 saturated heterocycles. The summed E-state index contributed by atoms with van der Waals surface area (Å²) in [5.41, 5.74) is 0. The topological polar surface area (TPSA) is 29.1 Å². The number of thioether (sulfide) groups is 1. The van der Waals surface area contributed by atoms with E-state index in [9.17, 15) is 4.79 Å². The summed E-state index contributed by atoms with van der Waals surface area (Å²) in [6, 6.07) is 0. The highest BCUT2D eigenvalue weighted by Gasteiger charge is 2.02. The number of carbonyl (C=O) groups is 1. The average molecular weight is 185 g/mol. The first kappa shape index (κ1) is 11.3. The second kappa shape index (κ2) is 6.98. The standard InChI is InChI=1S/C9H15NOS/c1-4-6-12-9(5-2)7-10-8(3)11/h4-6,9H,2,7H2,1,3H3,(H,10,11)/b6-4-. The summed E-state index contributed by atoms with van der Waals surface area (Å²) >= 11 is 1.65. The maximum absolute atomic E-state index is 10.6. The molecule has 0 aliphatic carbocycles. The van der Waals surface area contributed by atoms with Crippen molar-refractivity contribution in [3.05, 3.63) is 24.1 Å². The van der Waals surface area contributed by atoms with Gasteiger partial charge in [-0.15, -0.1) is 18.3 Å². The second-order valence-electron chi connectivity index (χ2n) is 2.32. The zero-order chi connectivity index (χ0) is 9.40. The number of hydrogen-bond acceptors (Lipinski definition) is 2.